The zero-order valence-electron chi connectivity index (χ0n) is 70.4. The van der Waals surface area contributed by atoms with E-state index in [4.69, 9.17) is 33.2 Å². The minimum Gasteiger partial charge on any atom is -0.481 e. The van der Waals surface area contributed by atoms with Crippen LogP contribution in [0, 0.1) is 36.4 Å². The Bertz CT molecular complexity index is 8880. The second-order valence-electron chi connectivity index (χ2n) is 31.2. The van der Waals surface area contributed by atoms with Crippen LogP contribution in [-0.2, 0) is 63.2 Å². The zero-order valence-corrected chi connectivity index (χ0v) is 77.3. The van der Waals surface area contributed by atoms with Crippen molar-refractivity contribution in [3.63, 3.8) is 0 Å². The van der Waals surface area contributed by atoms with Crippen LogP contribution in [0.2, 0.25) is 0 Å². The molecule has 0 amide bonds. The van der Waals surface area contributed by atoms with Crippen LogP contribution < -0.4 is 0 Å². The van der Waals surface area contributed by atoms with Crippen LogP contribution in [-0.4, -0.2) is 102 Å². The van der Waals surface area contributed by atoms with Crippen LogP contribution >= 0.6 is 0 Å². The van der Waals surface area contributed by atoms with Crippen molar-refractivity contribution in [3.05, 3.63) is 421 Å². The molecule has 27 aromatic rings. The van der Waals surface area contributed by atoms with Gasteiger partial charge in [-0.25, -0.2) is 18.7 Å². The third-order valence-corrected chi connectivity index (χ3v) is 23.3. The largest absolute Gasteiger partial charge is 2.00 e. The molecular weight excluding hydrogens is 2220 g/mol. The molecule has 24 nitrogen and oxygen atoms in total. The van der Waals surface area contributed by atoms with Gasteiger partial charge in [0, 0.05) is 115 Å². The van der Waals surface area contributed by atoms with Gasteiger partial charge in [-0.2, -0.15) is 30.6 Å². The van der Waals surface area contributed by atoms with Gasteiger partial charge in [0.25, 0.3) is 0 Å². The van der Waals surface area contributed by atoms with Crippen LogP contribution in [0.25, 0.3) is 218 Å². The quantitative estimate of drug-likeness (QED) is 0.0867. The molecule has 0 unspecified atom stereocenters. The number of aromatic nitrogens is 21. The Kier molecular flexibility index (Phi) is 22.0. The summed E-state index contributed by atoms with van der Waals surface area (Å²) in [6.45, 7) is 0. The molecule has 0 bridgehead atoms. The van der Waals surface area contributed by atoms with Gasteiger partial charge >= 0.3 is 63.2 Å². The van der Waals surface area contributed by atoms with E-state index in [1.54, 1.807) is 54.3 Å². The molecule has 135 heavy (non-hydrogen) atoms. The SMILES string of the molecule is [Pt+2].[Pt+2].[Pt+2].[c-]1c(-c2ccc(-n3cccn3)cn2)cccc1-n1c2[c-]c(-c3nc4ccccc4o3)ccc2c2cc(-n3cccn3)ccc21.[c-]1c(-c2ccccn2)ccc(-n2cccn2)c1-n1c2[c-]c(-c3nc4ccccc4o3)ccc2c2cc(-n3cccn3)ccc21.[c-]1c(-c2ccccn2)cccc1-n1c2[c-]c(-c3nc4ccccc4o3)c(-n3cccn3)cc2c2cc(-n3cccn3)ccc21. The molecule has 27 rings (SSSR count). The number of benzene rings is 12. The number of hydrogen-bond acceptors (Lipinski definition) is 15. The maximum atomic E-state index is 6.29. The summed E-state index contributed by atoms with van der Waals surface area (Å²) in [5, 5.41) is 33.1. The summed E-state index contributed by atoms with van der Waals surface area (Å²) < 4.78 is 36.2. The molecule has 0 spiro atoms. The molecule has 0 aliphatic heterocycles. The molecule has 0 saturated carbocycles. The number of fused-ring (bicyclic) bond motifs is 12. The zero-order chi connectivity index (χ0) is 87.1. The van der Waals surface area contributed by atoms with Crippen LogP contribution in [0.15, 0.2) is 397 Å². The fourth-order valence-corrected chi connectivity index (χ4v) is 17.2. The van der Waals surface area contributed by atoms with E-state index in [1.807, 2.05) is 267 Å². The Balaban J connectivity index is 0.000000116. The average Bonchev–Trinajstić information content (AvgIpc) is 1.61. The van der Waals surface area contributed by atoms with Crippen LogP contribution in [0.1, 0.15) is 0 Å². The summed E-state index contributed by atoms with van der Waals surface area (Å²) in [5.74, 6) is 1.51. The van der Waals surface area contributed by atoms with Gasteiger partial charge in [-0.1, -0.05) is 99.6 Å². The van der Waals surface area contributed by atoms with Crippen LogP contribution in [0.3, 0.4) is 0 Å². The van der Waals surface area contributed by atoms with Crippen molar-refractivity contribution in [1.29, 1.82) is 0 Å². The standard InChI is InChI=1S/3C36H21N7O.3Pt/c1-2-9-35-32(8-1)40-36(44-35)25-10-13-29-30-22-26(41-18-4-16-38-41)12-15-33(30)43(34(29)21-25)27-7-3-6-24(20-27)31-14-11-28(23-37-31)42-19-5-17-39-42;1-2-12-35-31(11-1)40-36(44-35)29-23-34-28(22-33(29)42-19-7-17-39-42)27-21-25(41-18-6-16-38-41)13-14-32(27)43(34)26-9-5-8-24(20-26)30-10-3-4-15-37-30;1-2-9-35-30(8-1)40-36(44-35)25-10-13-27-28-23-26(41-19-5-17-38-41)12-15-31(28)43(33(27)22-25)34-21-24(29-7-3-4-16-37-29)11-14-32(34)42-20-6-18-39-42;;;/h1-19,22-23H;1-19,21-22H;1-20,23H;;;/q3*-2;3*+2. The number of para-hydroxylation sites is 6. The van der Waals surface area contributed by atoms with E-state index in [2.05, 4.69) is 182 Å². The summed E-state index contributed by atoms with van der Waals surface area (Å²) in [6, 6.07) is 118. The molecule has 0 atom stereocenters. The maximum Gasteiger partial charge on any atom is 2.00 e. The van der Waals surface area contributed by atoms with E-state index < -0.39 is 0 Å². The molecule has 0 radical (unpaired) electrons. The molecule has 12 aromatic carbocycles. The number of oxazole rings is 3. The average molecular weight is 2290 g/mol. The smallest absolute Gasteiger partial charge is 0.481 e. The Hall–Kier alpha value is -16.8. The molecule has 648 valence electrons. The van der Waals surface area contributed by atoms with E-state index in [0.29, 0.717) is 28.8 Å². The maximum absolute atomic E-state index is 6.29. The number of hydrogen-bond donors (Lipinski definition) is 0. The summed E-state index contributed by atoms with van der Waals surface area (Å²) in [7, 11) is 0. The van der Waals surface area contributed by atoms with Crippen molar-refractivity contribution in [3.8, 4) is 119 Å². The molecule has 15 aromatic heterocycles. The first-order valence-corrected chi connectivity index (χ1v) is 42.4. The predicted molar refractivity (Wildman–Crippen MR) is 507 cm³/mol. The van der Waals surface area contributed by atoms with Crippen LogP contribution in [0.5, 0.6) is 0 Å². The van der Waals surface area contributed by atoms with Gasteiger partial charge in [-0.15, -0.1) is 132 Å². The van der Waals surface area contributed by atoms with Gasteiger partial charge in [-0.05, 0) is 218 Å². The predicted octanol–water partition coefficient (Wildman–Crippen LogP) is 22.9. The van der Waals surface area contributed by atoms with E-state index in [0.717, 1.165) is 189 Å². The fourth-order valence-electron chi connectivity index (χ4n) is 17.2. The topological polar surface area (TPSA) is 238 Å². The molecule has 0 saturated heterocycles. The first-order chi connectivity index (χ1) is 65.4. The molecule has 15 heterocycles. The number of pyridine rings is 3. The fraction of sp³-hybridized carbons (Fsp3) is 0. The minimum absolute atomic E-state index is 0. The number of nitrogens with zero attached hydrogens (tertiary/aromatic N) is 21. The third-order valence-electron chi connectivity index (χ3n) is 23.3. The molecule has 0 N–H and O–H groups in total. The summed E-state index contributed by atoms with van der Waals surface area (Å²) >= 11 is 0. The van der Waals surface area contributed by atoms with Gasteiger partial charge in [-0.3, -0.25) is 24.3 Å². The second kappa shape index (κ2) is 35.5. The molecule has 0 aliphatic rings. The Morgan fingerprint density at radius 3 is 1.09 bits per heavy atom. The Morgan fingerprint density at radius 1 is 0.244 bits per heavy atom. The van der Waals surface area contributed by atoms with E-state index in [9.17, 15) is 0 Å². The summed E-state index contributed by atoms with van der Waals surface area (Å²) in [5.41, 5.74) is 25.6. The molecule has 0 aliphatic carbocycles. The number of rotatable bonds is 15. The van der Waals surface area contributed by atoms with Crippen molar-refractivity contribution in [2.45, 2.75) is 0 Å². The normalized spacial score (nSPS) is 11.4. The van der Waals surface area contributed by atoms with E-state index >= 15 is 0 Å². The van der Waals surface area contributed by atoms with Gasteiger partial charge in [0.1, 0.15) is 34.4 Å². The van der Waals surface area contributed by atoms with Gasteiger partial charge in [0.15, 0.2) is 0 Å². The molecule has 27 heteroatoms. The minimum atomic E-state index is 0. The first kappa shape index (κ1) is 83.8. The summed E-state index contributed by atoms with van der Waals surface area (Å²) in [6.07, 6.45) is 27.6. The monoisotopic (exact) mass is 2290 g/mol. The summed E-state index contributed by atoms with van der Waals surface area (Å²) in [4.78, 5) is 28.2. The van der Waals surface area contributed by atoms with Crippen molar-refractivity contribution in [2.24, 2.45) is 0 Å². The second-order valence-corrected chi connectivity index (χ2v) is 31.2. The van der Waals surface area contributed by atoms with Gasteiger partial charge in [0.2, 0.25) is 0 Å². The van der Waals surface area contributed by atoms with E-state index in [-0.39, 0.29) is 63.2 Å². The Morgan fingerprint density at radius 2 is 0.637 bits per heavy atom. The third kappa shape index (κ3) is 15.4. The Labute approximate surface area is 810 Å². The van der Waals surface area contributed by atoms with Crippen LogP contribution in [0.4, 0.5) is 0 Å². The van der Waals surface area contributed by atoms with E-state index in [1.165, 1.54) is 0 Å². The van der Waals surface area contributed by atoms with Crippen molar-refractivity contribution in [2.75, 3.05) is 0 Å². The molecule has 0 fully saturated rings. The first-order valence-electron chi connectivity index (χ1n) is 42.4. The molecular formula is C108H63N21O3Pt3. The van der Waals surface area contributed by atoms with Gasteiger partial charge in [0.05, 0.1) is 39.3 Å². The van der Waals surface area contributed by atoms with Crippen molar-refractivity contribution >= 4 is 98.7 Å². The van der Waals surface area contributed by atoms with Gasteiger partial charge < -0.3 is 41.9 Å². The van der Waals surface area contributed by atoms with Crippen molar-refractivity contribution < 1.29 is 76.4 Å². The van der Waals surface area contributed by atoms with Crippen molar-refractivity contribution in [1.82, 2.24) is 102 Å².